The van der Waals surface area contributed by atoms with E-state index in [1.54, 1.807) is 0 Å². The van der Waals surface area contributed by atoms with E-state index in [1.807, 2.05) is 31.1 Å². The molecular formula is C16H19N3O4. The highest BCUT2D eigenvalue weighted by Crippen LogP contribution is 2.36. The first-order chi connectivity index (χ1) is 10.9. The number of imide groups is 1. The topological polar surface area (TPSA) is 79.0 Å². The molecule has 1 saturated heterocycles. The maximum atomic E-state index is 12.8. The Hall–Kier alpha value is -2.57. The highest BCUT2D eigenvalue weighted by molar-refractivity contribution is 6.06. The smallest absolute Gasteiger partial charge is 0.258 e. The van der Waals surface area contributed by atoms with Gasteiger partial charge in [-0.25, -0.2) is 0 Å². The summed E-state index contributed by atoms with van der Waals surface area (Å²) in [6.07, 6.45) is 0.601. The van der Waals surface area contributed by atoms with Gasteiger partial charge in [-0.1, -0.05) is 0 Å². The average Bonchev–Trinajstić information content (AvgIpc) is 2.83. The van der Waals surface area contributed by atoms with Crippen LogP contribution in [0.3, 0.4) is 0 Å². The molecule has 1 aromatic carbocycles. The van der Waals surface area contributed by atoms with Gasteiger partial charge in [0.15, 0.2) is 0 Å². The Kier molecular flexibility index (Phi) is 3.71. The molecule has 1 aromatic rings. The van der Waals surface area contributed by atoms with Crippen LogP contribution in [0, 0.1) is 0 Å². The standard InChI is InChI=1S/C16H19N3O4/c1-18(2)10-6-9-8-19(11-4-5-13(20)17-15(11)21)16(22)14(9)12(7-10)23-3/h6-7,11H,4-5,8H2,1-3H3,(H,17,20,21). The van der Waals surface area contributed by atoms with Crippen molar-refractivity contribution in [2.45, 2.75) is 25.4 Å². The number of benzene rings is 1. The van der Waals surface area contributed by atoms with Crippen molar-refractivity contribution in [2.24, 2.45) is 0 Å². The number of hydrogen-bond donors (Lipinski definition) is 1. The van der Waals surface area contributed by atoms with Crippen molar-refractivity contribution in [1.29, 1.82) is 0 Å². The Morgan fingerprint density at radius 3 is 2.61 bits per heavy atom. The zero-order valence-corrected chi connectivity index (χ0v) is 13.4. The number of methoxy groups -OCH3 is 1. The molecule has 122 valence electrons. The summed E-state index contributed by atoms with van der Waals surface area (Å²) in [5.41, 5.74) is 2.27. The fraction of sp³-hybridized carbons (Fsp3) is 0.438. The quantitative estimate of drug-likeness (QED) is 0.822. The van der Waals surface area contributed by atoms with Gasteiger partial charge < -0.3 is 14.5 Å². The van der Waals surface area contributed by atoms with Gasteiger partial charge in [0.25, 0.3) is 5.91 Å². The van der Waals surface area contributed by atoms with Gasteiger partial charge in [0, 0.05) is 38.8 Å². The Morgan fingerprint density at radius 1 is 1.26 bits per heavy atom. The molecule has 0 radical (unpaired) electrons. The molecule has 0 spiro atoms. The molecule has 0 aromatic heterocycles. The molecular weight excluding hydrogens is 298 g/mol. The lowest BCUT2D eigenvalue weighted by Crippen LogP contribution is -2.52. The Morgan fingerprint density at radius 2 is 2.00 bits per heavy atom. The van der Waals surface area contributed by atoms with E-state index in [4.69, 9.17) is 4.74 Å². The minimum absolute atomic E-state index is 0.225. The molecule has 1 fully saturated rings. The van der Waals surface area contributed by atoms with Gasteiger partial charge in [0.05, 0.1) is 12.7 Å². The van der Waals surface area contributed by atoms with Crippen LogP contribution in [0.25, 0.3) is 0 Å². The van der Waals surface area contributed by atoms with Crippen molar-refractivity contribution >= 4 is 23.4 Å². The molecule has 7 heteroatoms. The van der Waals surface area contributed by atoms with Gasteiger partial charge in [-0.3, -0.25) is 19.7 Å². The molecule has 2 heterocycles. The lowest BCUT2D eigenvalue weighted by atomic mass is 10.0. The molecule has 0 aliphatic carbocycles. The van der Waals surface area contributed by atoms with Gasteiger partial charge >= 0.3 is 0 Å². The van der Waals surface area contributed by atoms with Crippen LogP contribution in [0.5, 0.6) is 5.75 Å². The number of fused-ring (bicyclic) bond motifs is 1. The summed E-state index contributed by atoms with van der Waals surface area (Å²) in [7, 11) is 5.35. The lowest BCUT2D eigenvalue weighted by molar-refractivity contribution is -0.136. The predicted octanol–water partition coefficient (Wildman–Crippen LogP) is 0.522. The number of carbonyl (C=O) groups is 3. The second kappa shape index (κ2) is 5.57. The summed E-state index contributed by atoms with van der Waals surface area (Å²) in [6, 6.07) is 3.13. The molecule has 2 aliphatic heterocycles. The zero-order valence-electron chi connectivity index (χ0n) is 13.4. The Labute approximate surface area is 134 Å². The Bertz CT molecular complexity index is 699. The number of nitrogens with zero attached hydrogens (tertiary/aromatic N) is 2. The van der Waals surface area contributed by atoms with Crippen LogP contribution in [-0.4, -0.2) is 49.9 Å². The van der Waals surface area contributed by atoms with Crippen LogP contribution in [0.2, 0.25) is 0 Å². The first-order valence-electron chi connectivity index (χ1n) is 7.45. The molecule has 1 unspecified atom stereocenters. The van der Waals surface area contributed by atoms with Crippen molar-refractivity contribution in [2.75, 3.05) is 26.1 Å². The van der Waals surface area contributed by atoms with E-state index in [2.05, 4.69) is 5.32 Å². The summed E-state index contributed by atoms with van der Waals surface area (Å²) in [5.74, 6) is -0.417. The Balaban J connectivity index is 1.95. The number of amides is 3. The monoisotopic (exact) mass is 317 g/mol. The van der Waals surface area contributed by atoms with Gasteiger partial charge in [-0.05, 0) is 18.1 Å². The molecule has 1 atom stereocenters. The third-order valence-corrected chi connectivity index (χ3v) is 4.31. The molecule has 0 bridgehead atoms. The molecule has 2 aliphatic rings. The van der Waals surface area contributed by atoms with E-state index in [0.29, 0.717) is 24.3 Å². The third-order valence-electron chi connectivity index (χ3n) is 4.31. The van der Waals surface area contributed by atoms with Crippen LogP contribution in [0.15, 0.2) is 12.1 Å². The number of anilines is 1. The molecule has 0 saturated carbocycles. The van der Waals surface area contributed by atoms with Crippen LogP contribution < -0.4 is 15.0 Å². The van der Waals surface area contributed by atoms with Crippen molar-refractivity contribution < 1.29 is 19.1 Å². The molecule has 23 heavy (non-hydrogen) atoms. The molecule has 1 N–H and O–H groups in total. The van der Waals surface area contributed by atoms with E-state index in [0.717, 1.165) is 11.3 Å². The van der Waals surface area contributed by atoms with Crippen molar-refractivity contribution in [3.05, 3.63) is 23.3 Å². The lowest BCUT2D eigenvalue weighted by Gasteiger charge is -2.29. The third kappa shape index (κ3) is 2.52. The van der Waals surface area contributed by atoms with Gasteiger partial charge in [0.1, 0.15) is 11.8 Å². The molecule has 3 rings (SSSR count). The summed E-state index contributed by atoms with van der Waals surface area (Å²) >= 11 is 0. The maximum Gasteiger partial charge on any atom is 0.258 e. The first kappa shape index (κ1) is 15.3. The summed E-state index contributed by atoms with van der Waals surface area (Å²) in [6.45, 7) is 0.346. The number of nitrogens with one attached hydrogen (secondary N) is 1. The minimum Gasteiger partial charge on any atom is -0.496 e. The van der Waals surface area contributed by atoms with Crippen molar-refractivity contribution in [3.63, 3.8) is 0 Å². The molecule has 7 nitrogen and oxygen atoms in total. The zero-order chi connectivity index (χ0) is 16.7. The van der Waals surface area contributed by atoms with Crippen molar-refractivity contribution in [3.8, 4) is 5.75 Å². The van der Waals surface area contributed by atoms with Crippen LogP contribution in [0.4, 0.5) is 5.69 Å². The summed E-state index contributed by atoms with van der Waals surface area (Å²) in [5, 5.41) is 2.30. The first-order valence-corrected chi connectivity index (χ1v) is 7.45. The van der Waals surface area contributed by atoms with E-state index in [-0.39, 0.29) is 18.2 Å². The van der Waals surface area contributed by atoms with Crippen LogP contribution >= 0.6 is 0 Å². The van der Waals surface area contributed by atoms with Gasteiger partial charge in [0.2, 0.25) is 11.8 Å². The number of carbonyl (C=O) groups excluding carboxylic acids is 3. The predicted molar refractivity (Wildman–Crippen MR) is 83.4 cm³/mol. The number of ether oxygens (including phenoxy) is 1. The fourth-order valence-corrected chi connectivity index (χ4v) is 3.07. The average molecular weight is 317 g/mol. The van der Waals surface area contributed by atoms with E-state index in [9.17, 15) is 14.4 Å². The number of piperidine rings is 1. The van der Waals surface area contributed by atoms with Crippen molar-refractivity contribution in [1.82, 2.24) is 10.2 Å². The highest BCUT2D eigenvalue weighted by atomic mass is 16.5. The minimum atomic E-state index is -0.611. The largest absolute Gasteiger partial charge is 0.496 e. The normalized spacial score (nSPS) is 20.4. The highest BCUT2D eigenvalue weighted by Gasteiger charge is 2.40. The fourth-order valence-electron chi connectivity index (χ4n) is 3.07. The second-order valence-corrected chi connectivity index (χ2v) is 5.98. The summed E-state index contributed by atoms with van der Waals surface area (Å²) in [4.78, 5) is 39.6. The van der Waals surface area contributed by atoms with Gasteiger partial charge in [-0.15, -0.1) is 0 Å². The molecule has 3 amide bonds. The van der Waals surface area contributed by atoms with E-state index < -0.39 is 11.9 Å². The number of rotatable bonds is 3. The van der Waals surface area contributed by atoms with Crippen LogP contribution in [-0.2, 0) is 16.1 Å². The number of hydrogen-bond acceptors (Lipinski definition) is 5. The summed E-state index contributed by atoms with van der Waals surface area (Å²) < 4.78 is 5.37. The van der Waals surface area contributed by atoms with E-state index >= 15 is 0 Å². The maximum absolute atomic E-state index is 12.8. The van der Waals surface area contributed by atoms with Gasteiger partial charge in [-0.2, -0.15) is 0 Å². The second-order valence-electron chi connectivity index (χ2n) is 5.98. The SMILES string of the molecule is COc1cc(N(C)C)cc2c1C(=O)N(C1CCC(=O)NC1=O)C2. The van der Waals surface area contributed by atoms with Crippen LogP contribution in [0.1, 0.15) is 28.8 Å². The van der Waals surface area contributed by atoms with E-state index in [1.165, 1.54) is 12.0 Å².